The van der Waals surface area contributed by atoms with Crippen molar-refractivity contribution in [2.24, 2.45) is 5.92 Å². The van der Waals surface area contributed by atoms with Crippen molar-refractivity contribution >= 4 is 10.9 Å². The van der Waals surface area contributed by atoms with Crippen LogP contribution in [0.15, 0.2) is 36.4 Å². The summed E-state index contributed by atoms with van der Waals surface area (Å²) in [6.07, 6.45) is 0. The third-order valence-corrected chi connectivity index (χ3v) is 2.84. The number of fused-ring (bicyclic) bond motifs is 1. The van der Waals surface area contributed by atoms with Gasteiger partial charge in [0.05, 0.1) is 17.8 Å². The molecule has 0 saturated heterocycles. The first-order chi connectivity index (χ1) is 9.25. The van der Waals surface area contributed by atoms with E-state index in [4.69, 9.17) is 4.74 Å². The van der Waals surface area contributed by atoms with Crippen LogP contribution in [0.5, 0.6) is 0 Å². The molecule has 0 fully saturated rings. The van der Waals surface area contributed by atoms with Gasteiger partial charge in [0, 0.05) is 25.1 Å². The fourth-order valence-corrected chi connectivity index (χ4v) is 1.89. The van der Waals surface area contributed by atoms with E-state index in [9.17, 15) is 0 Å². The first kappa shape index (κ1) is 14.0. The largest absolute Gasteiger partial charge is 0.380 e. The molecule has 3 heteroatoms. The molecule has 0 aliphatic carbocycles. The molecular weight excluding hydrogens is 236 g/mol. The van der Waals surface area contributed by atoms with Crippen molar-refractivity contribution in [1.82, 2.24) is 10.3 Å². The minimum atomic E-state index is 0.599. The molecule has 1 N–H and O–H groups in total. The summed E-state index contributed by atoms with van der Waals surface area (Å²) in [5.41, 5.74) is 2.13. The molecule has 19 heavy (non-hydrogen) atoms. The zero-order valence-electron chi connectivity index (χ0n) is 11.7. The van der Waals surface area contributed by atoms with E-state index in [2.05, 4.69) is 42.3 Å². The lowest BCUT2D eigenvalue weighted by Crippen LogP contribution is -2.20. The lowest BCUT2D eigenvalue weighted by Gasteiger charge is -2.08. The predicted molar refractivity (Wildman–Crippen MR) is 79.1 cm³/mol. The maximum absolute atomic E-state index is 5.52. The Balaban J connectivity index is 1.75. The normalized spacial score (nSPS) is 11.3. The van der Waals surface area contributed by atoms with Crippen LogP contribution in [0.3, 0.4) is 0 Å². The molecule has 0 spiro atoms. The Morgan fingerprint density at radius 3 is 2.84 bits per heavy atom. The Labute approximate surface area is 115 Å². The summed E-state index contributed by atoms with van der Waals surface area (Å²) in [7, 11) is 0. The Bertz CT molecular complexity index is 511. The quantitative estimate of drug-likeness (QED) is 0.775. The van der Waals surface area contributed by atoms with Crippen LogP contribution in [0.4, 0.5) is 0 Å². The number of nitrogens with zero attached hydrogens (tertiary/aromatic N) is 1. The van der Waals surface area contributed by atoms with E-state index in [1.165, 1.54) is 5.39 Å². The molecule has 3 nitrogen and oxygen atoms in total. The molecule has 0 amide bonds. The SMILES string of the molecule is CC(C)COCCNCc1ccc2ccccc2n1. The number of hydrogen-bond donors (Lipinski definition) is 1. The third kappa shape index (κ3) is 4.62. The smallest absolute Gasteiger partial charge is 0.0705 e. The average molecular weight is 258 g/mol. The van der Waals surface area contributed by atoms with Gasteiger partial charge in [0.2, 0.25) is 0 Å². The van der Waals surface area contributed by atoms with Crippen LogP contribution in [0, 0.1) is 5.92 Å². The Hall–Kier alpha value is -1.45. The maximum atomic E-state index is 5.52. The van der Waals surface area contributed by atoms with E-state index in [1.54, 1.807) is 0 Å². The number of rotatable bonds is 7. The van der Waals surface area contributed by atoms with Crippen molar-refractivity contribution in [1.29, 1.82) is 0 Å². The van der Waals surface area contributed by atoms with Crippen LogP contribution >= 0.6 is 0 Å². The molecule has 2 rings (SSSR count). The van der Waals surface area contributed by atoms with Gasteiger partial charge in [0.1, 0.15) is 0 Å². The fraction of sp³-hybridized carbons (Fsp3) is 0.438. The molecule has 0 unspecified atom stereocenters. The number of hydrogen-bond acceptors (Lipinski definition) is 3. The number of ether oxygens (including phenoxy) is 1. The summed E-state index contributed by atoms with van der Waals surface area (Å²) in [6.45, 7) is 7.55. The van der Waals surface area contributed by atoms with Crippen LogP contribution in [0.25, 0.3) is 10.9 Å². The van der Waals surface area contributed by atoms with Crippen molar-refractivity contribution in [3.63, 3.8) is 0 Å². The second kappa shape index (κ2) is 7.22. The second-order valence-corrected chi connectivity index (χ2v) is 5.14. The highest BCUT2D eigenvalue weighted by atomic mass is 16.5. The molecule has 0 radical (unpaired) electrons. The zero-order valence-corrected chi connectivity index (χ0v) is 11.7. The van der Waals surface area contributed by atoms with Gasteiger partial charge in [-0.05, 0) is 18.1 Å². The molecule has 1 aromatic heterocycles. The Morgan fingerprint density at radius 1 is 1.16 bits per heavy atom. The summed E-state index contributed by atoms with van der Waals surface area (Å²) in [5, 5.41) is 4.54. The lowest BCUT2D eigenvalue weighted by molar-refractivity contribution is 0.111. The molecule has 102 valence electrons. The first-order valence-corrected chi connectivity index (χ1v) is 6.89. The van der Waals surface area contributed by atoms with E-state index >= 15 is 0 Å². The molecule has 0 saturated carbocycles. The van der Waals surface area contributed by atoms with Gasteiger partial charge in [-0.15, -0.1) is 0 Å². The summed E-state index contributed by atoms with van der Waals surface area (Å²) in [6, 6.07) is 12.4. The van der Waals surface area contributed by atoms with E-state index < -0.39 is 0 Å². The van der Waals surface area contributed by atoms with Crippen LogP contribution in [-0.4, -0.2) is 24.7 Å². The highest BCUT2D eigenvalue weighted by Crippen LogP contribution is 2.11. The lowest BCUT2D eigenvalue weighted by atomic mass is 10.2. The molecule has 0 aliphatic heterocycles. The van der Waals surface area contributed by atoms with Gasteiger partial charge in [-0.3, -0.25) is 4.98 Å². The fourth-order valence-electron chi connectivity index (χ4n) is 1.89. The van der Waals surface area contributed by atoms with Crippen molar-refractivity contribution in [3.8, 4) is 0 Å². The van der Waals surface area contributed by atoms with Crippen molar-refractivity contribution in [2.45, 2.75) is 20.4 Å². The number of para-hydroxylation sites is 1. The molecular formula is C16H22N2O. The highest BCUT2D eigenvalue weighted by molar-refractivity contribution is 5.78. The van der Waals surface area contributed by atoms with Gasteiger partial charge in [-0.2, -0.15) is 0 Å². The Kier molecular flexibility index (Phi) is 5.31. The van der Waals surface area contributed by atoms with Crippen LogP contribution < -0.4 is 5.32 Å². The number of benzene rings is 1. The van der Waals surface area contributed by atoms with E-state index in [0.717, 1.165) is 37.5 Å². The minimum Gasteiger partial charge on any atom is -0.380 e. The van der Waals surface area contributed by atoms with E-state index in [1.807, 2.05) is 18.2 Å². The van der Waals surface area contributed by atoms with Gasteiger partial charge < -0.3 is 10.1 Å². The number of nitrogens with one attached hydrogen (secondary N) is 1. The van der Waals surface area contributed by atoms with Gasteiger partial charge in [0.15, 0.2) is 0 Å². The van der Waals surface area contributed by atoms with E-state index in [0.29, 0.717) is 5.92 Å². The predicted octanol–water partition coefficient (Wildman–Crippen LogP) is 3.00. The molecule has 1 aromatic carbocycles. The number of pyridine rings is 1. The standard InChI is InChI=1S/C16H22N2O/c1-13(2)12-19-10-9-17-11-15-8-7-14-5-3-4-6-16(14)18-15/h3-8,13,17H,9-12H2,1-2H3. The van der Waals surface area contributed by atoms with E-state index in [-0.39, 0.29) is 0 Å². The summed E-state index contributed by atoms with van der Waals surface area (Å²) in [4.78, 5) is 4.62. The summed E-state index contributed by atoms with van der Waals surface area (Å²) >= 11 is 0. The van der Waals surface area contributed by atoms with Gasteiger partial charge in [0.25, 0.3) is 0 Å². The summed E-state index contributed by atoms with van der Waals surface area (Å²) in [5.74, 6) is 0.599. The van der Waals surface area contributed by atoms with Crippen LogP contribution in [-0.2, 0) is 11.3 Å². The third-order valence-electron chi connectivity index (χ3n) is 2.84. The topological polar surface area (TPSA) is 34.1 Å². The van der Waals surface area contributed by atoms with Crippen molar-refractivity contribution in [3.05, 3.63) is 42.1 Å². The Morgan fingerprint density at radius 2 is 2.00 bits per heavy atom. The average Bonchev–Trinajstić information content (AvgIpc) is 2.42. The van der Waals surface area contributed by atoms with Gasteiger partial charge in [-0.1, -0.05) is 38.1 Å². The maximum Gasteiger partial charge on any atom is 0.0705 e. The second-order valence-electron chi connectivity index (χ2n) is 5.14. The monoisotopic (exact) mass is 258 g/mol. The molecule has 2 aromatic rings. The van der Waals surface area contributed by atoms with Crippen LogP contribution in [0.1, 0.15) is 19.5 Å². The molecule has 0 aliphatic rings. The molecule has 0 bridgehead atoms. The number of aromatic nitrogens is 1. The minimum absolute atomic E-state index is 0.599. The molecule has 0 atom stereocenters. The zero-order chi connectivity index (χ0) is 13.5. The van der Waals surface area contributed by atoms with Gasteiger partial charge in [-0.25, -0.2) is 0 Å². The van der Waals surface area contributed by atoms with Crippen LogP contribution in [0.2, 0.25) is 0 Å². The highest BCUT2D eigenvalue weighted by Gasteiger charge is 1.98. The van der Waals surface area contributed by atoms with Gasteiger partial charge >= 0.3 is 0 Å². The molecule has 1 heterocycles. The summed E-state index contributed by atoms with van der Waals surface area (Å²) < 4.78 is 5.52. The van der Waals surface area contributed by atoms with Crippen molar-refractivity contribution < 1.29 is 4.74 Å². The first-order valence-electron chi connectivity index (χ1n) is 6.89. The van der Waals surface area contributed by atoms with Crippen molar-refractivity contribution in [2.75, 3.05) is 19.8 Å².